The van der Waals surface area contributed by atoms with Gasteiger partial charge in [0.2, 0.25) is 10.0 Å². The van der Waals surface area contributed by atoms with E-state index in [1.165, 1.54) is 38.1 Å². The summed E-state index contributed by atoms with van der Waals surface area (Å²) < 4.78 is 38.5. The van der Waals surface area contributed by atoms with Gasteiger partial charge in [0.25, 0.3) is 0 Å². The van der Waals surface area contributed by atoms with E-state index in [4.69, 9.17) is 38.4 Å². The van der Waals surface area contributed by atoms with Gasteiger partial charge in [-0.2, -0.15) is 0 Å². The molecule has 3 rings (SSSR count). The van der Waals surface area contributed by atoms with Crippen LogP contribution >= 0.6 is 35.0 Å². The fourth-order valence-corrected chi connectivity index (χ4v) is 6.12. The zero-order valence-corrected chi connectivity index (χ0v) is 21.2. The Morgan fingerprint density at radius 1 is 0.970 bits per heavy atom. The maximum absolute atomic E-state index is 12.8. The van der Waals surface area contributed by atoms with Gasteiger partial charge >= 0.3 is 0 Å². The number of nitrogens with two attached hydrogens (primary N) is 1. The highest BCUT2D eigenvalue weighted by Gasteiger charge is 2.21. The Morgan fingerprint density at radius 3 is 2.39 bits per heavy atom. The van der Waals surface area contributed by atoms with Crippen LogP contribution in [0.4, 0.5) is 5.69 Å². The van der Waals surface area contributed by atoms with Gasteiger partial charge in [-0.15, -0.1) is 11.8 Å². The third kappa shape index (κ3) is 6.28. The molecule has 176 valence electrons. The molecule has 0 aromatic heterocycles. The molecular formula is C23H24Cl2N2O4S2. The van der Waals surface area contributed by atoms with Gasteiger partial charge in [-0.1, -0.05) is 41.4 Å². The molecule has 33 heavy (non-hydrogen) atoms. The highest BCUT2D eigenvalue weighted by molar-refractivity contribution is 7.99. The molecule has 3 N–H and O–H groups in total. The SMILES string of the molecule is COc1ccc(S(=O)(=O)NCCSC(c2cc(Cl)ccc2N)c2ccccc2Cl)cc1OC. The number of anilines is 1. The summed E-state index contributed by atoms with van der Waals surface area (Å²) in [6, 6.07) is 17.2. The van der Waals surface area contributed by atoms with Gasteiger partial charge in [-0.3, -0.25) is 0 Å². The predicted octanol–water partition coefficient (Wildman–Crippen LogP) is 5.39. The third-order valence-electron chi connectivity index (χ3n) is 4.86. The second-order valence-electron chi connectivity index (χ2n) is 6.96. The van der Waals surface area contributed by atoms with E-state index in [-0.39, 0.29) is 16.7 Å². The van der Waals surface area contributed by atoms with Gasteiger partial charge in [0.1, 0.15) is 0 Å². The number of methoxy groups -OCH3 is 2. The van der Waals surface area contributed by atoms with Gasteiger partial charge in [0.05, 0.1) is 24.4 Å². The minimum absolute atomic E-state index is 0.0897. The van der Waals surface area contributed by atoms with E-state index < -0.39 is 10.0 Å². The first-order chi connectivity index (χ1) is 15.8. The Bertz CT molecular complexity index is 1220. The quantitative estimate of drug-likeness (QED) is 0.271. The third-order valence-corrected chi connectivity index (χ3v) is 8.18. The lowest BCUT2D eigenvalue weighted by Crippen LogP contribution is -2.26. The number of nitrogens with one attached hydrogen (secondary N) is 1. The molecule has 6 nitrogen and oxygen atoms in total. The van der Waals surface area contributed by atoms with Crippen molar-refractivity contribution >= 4 is 50.7 Å². The van der Waals surface area contributed by atoms with Gasteiger partial charge < -0.3 is 15.2 Å². The topological polar surface area (TPSA) is 90.7 Å². The summed E-state index contributed by atoms with van der Waals surface area (Å²) in [7, 11) is -0.796. The lowest BCUT2D eigenvalue weighted by atomic mass is 10.0. The smallest absolute Gasteiger partial charge is 0.240 e. The summed E-state index contributed by atoms with van der Waals surface area (Å²) in [6.07, 6.45) is 0. The van der Waals surface area contributed by atoms with Crippen LogP contribution in [0.15, 0.2) is 65.6 Å². The average molecular weight is 527 g/mol. The molecule has 3 aromatic rings. The van der Waals surface area contributed by atoms with Gasteiger partial charge in [0, 0.05) is 34.1 Å². The molecule has 0 aliphatic rings. The van der Waals surface area contributed by atoms with E-state index in [0.29, 0.717) is 33.0 Å². The van der Waals surface area contributed by atoms with Crippen LogP contribution in [-0.4, -0.2) is 34.9 Å². The van der Waals surface area contributed by atoms with Crippen LogP contribution in [0.5, 0.6) is 11.5 Å². The average Bonchev–Trinajstić information content (AvgIpc) is 2.81. The standard InChI is InChI=1S/C23H24Cl2N2O4S2/c1-30-21-10-8-16(14-22(21)31-2)33(28,29)27-11-12-32-23(17-5-3-4-6-19(17)25)18-13-15(24)7-9-20(18)26/h3-10,13-14,23,27H,11-12,26H2,1-2H3. The molecule has 0 fully saturated rings. The zero-order chi connectivity index (χ0) is 24.0. The fourth-order valence-electron chi connectivity index (χ4n) is 3.23. The van der Waals surface area contributed by atoms with Crippen LogP contribution in [0, 0.1) is 0 Å². The van der Waals surface area contributed by atoms with Gasteiger partial charge in [0.15, 0.2) is 11.5 Å². The highest BCUT2D eigenvalue weighted by atomic mass is 35.5. The Labute approximate surface area is 208 Å². The first-order valence-corrected chi connectivity index (χ1v) is 13.2. The number of sulfonamides is 1. The van der Waals surface area contributed by atoms with Crippen molar-refractivity contribution in [2.24, 2.45) is 0 Å². The Hall–Kier alpha value is -2.10. The molecule has 0 saturated carbocycles. The first kappa shape index (κ1) is 25.5. The van der Waals surface area contributed by atoms with E-state index in [1.807, 2.05) is 30.3 Å². The summed E-state index contributed by atoms with van der Waals surface area (Å²) in [4.78, 5) is 0.0897. The largest absolute Gasteiger partial charge is 0.493 e. The van der Waals surface area contributed by atoms with E-state index >= 15 is 0 Å². The number of hydrogen-bond donors (Lipinski definition) is 2. The number of ether oxygens (including phenoxy) is 2. The van der Waals surface area contributed by atoms with Crippen LogP contribution in [0.25, 0.3) is 0 Å². The van der Waals surface area contributed by atoms with Crippen LogP contribution in [0.3, 0.4) is 0 Å². The number of rotatable bonds is 10. The first-order valence-electron chi connectivity index (χ1n) is 9.89. The van der Waals surface area contributed by atoms with Crippen molar-refractivity contribution in [1.29, 1.82) is 0 Å². The Kier molecular flexibility index (Phi) is 8.78. The summed E-state index contributed by atoms with van der Waals surface area (Å²) in [5, 5.41) is 0.939. The second-order valence-corrected chi connectivity index (χ2v) is 10.8. The van der Waals surface area contributed by atoms with Crippen molar-refractivity contribution < 1.29 is 17.9 Å². The maximum atomic E-state index is 12.8. The molecule has 0 radical (unpaired) electrons. The summed E-state index contributed by atoms with van der Waals surface area (Å²) >= 11 is 14.2. The van der Waals surface area contributed by atoms with Gasteiger partial charge in [-0.05, 0) is 47.5 Å². The molecule has 0 saturated heterocycles. The molecule has 1 atom stereocenters. The van der Waals surface area contributed by atoms with Crippen LogP contribution in [0.1, 0.15) is 16.4 Å². The molecule has 10 heteroatoms. The lowest BCUT2D eigenvalue weighted by Gasteiger charge is -2.21. The van der Waals surface area contributed by atoms with E-state index in [9.17, 15) is 8.42 Å². The summed E-state index contributed by atoms with van der Waals surface area (Å²) in [5.41, 5.74) is 8.51. The number of halogens is 2. The number of benzene rings is 3. The van der Waals surface area contributed by atoms with E-state index in [1.54, 1.807) is 18.2 Å². The highest BCUT2D eigenvalue weighted by Crippen LogP contribution is 2.42. The fraction of sp³-hybridized carbons (Fsp3) is 0.217. The zero-order valence-electron chi connectivity index (χ0n) is 18.0. The van der Waals surface area contributed by atoms with Crippen LogP contribution in [-0.2, 0) is 10.0 Å². The molecular weight excluding hydrogens is 503 g/mol. The molecule has 0 bridgehead atoms. The normalized spacial score (nSPS) is 12.4. The number of hydrogen-bond acceptors (Lipinski definition) is 6. The molecule has 3 aromatic carbocycles. The monoisotopic (exact) mass is 526 g/mol. The van der Waals surface area contributed by atoms with Crippen molar-refractivity contribution in [1.82, 2.24) is 4.72 Å². The Balaban J connectivity index is 1.76. The molecule has 0 amide bonds. The van der Waals surface area contributed by atoms with Crippen LogP contribution < -0.4 is 19.9 Å². The van der Waals surface area contributed by atoms with Crippen molar-refractivity contribution in [3.8, 4) is 11.5 Å². The molecule has 0 aliphatic carbocycles. The van der Waals surface area contributed by atoms with Crippen molar-refractivity contribution in [3.05, 3.63) is 81.8 Å². The van der Waals surface area contributed by atoms with Crippen molar-refractivity contribution in [2.75, 3.05) is 32.3 Å². The molecule has 1 unspecified atom stereocenters. The summed E-state index contributed by atoms with van der Waals surface area (Å²) in [6.45, 7) is 0.197. The lowest BCUT2D eigenvalue weighted by molar-refractivity contribution is 0.354. The number of thioether (sulfide) groups is 1. The second kappa shape index (κ2) is 11.4. The van der Waals surface area contributed by atoms with Crippen molar-refractivity contribution in [3.63, 3.8) is 0 Å². The molecule has 0 aliphatic heterocycles. The van der Waals surface area contributed by atoms with E-state index in [2.05, 4.69) is 4.72 Å². The minimum atomic E-state index is -3.74. The predicted molar refractivity (Wildman–Crippen MR) is 136 cm³/mol. The molecule has 0 spiro atoms. The maximum Gasteiger partial charge on any atom is 0.240 e. The Morgan fingerprint density at radius 2 is 1.70 bits per heavy atom. The van der Waals surface area contributed by atoms with Crippen LogP contribution in [0.2, 0.25) is 10.0 Å². The molecule has 0 heterocycles. The number of nitrogen functional groups attached to an aromatic ring is 1. The van der Waals surface area contributed by atoms with Crippen molar-refractivity contribution in [2.45, 2.75) is 10.1 Å². The summed E-state index contributed by atoms with van der Waals surface area (Å²) in [5.74, 6) is 1.26. The van der Waals surface area contributed by atoms with E-state index in [0.717, 1.165) is 11.1 Å². The van der Waals surface area contributed by atoms with Gasteiger partial charge in [-0.25, -0.2) is 13.1 Å². The minimum Gasteiger partial charge on any atom is -0.493 e.